The van der Waals surface area contributed by atoms with Gasteiger partial charge in [-0.2, -0.15) is 0 Å². The largest absolute Gasteiger partial charge is 0.497 e. The number of anilines is 1. The first-order valence-corrected chi connectivity index (χ1v) is 6.44. The van der Waals surface area contributed by atoms with Crippen LogP contribution in [-0.4, -0.2) is 57.7 Å². The number of ether oxygens (including phenoxy) is 2. The number of hydrogen-bond acceptors (Lipinski definition) is 5. The van der Waals surface area contributed by atoms with E-state index in [1.54, 1.807) is 25.3 Å². The van der Waals surface area contributed by atoms with Crippen LogP contribution in [0.15, 0.2) is 18.2 Å². The third-order valence-corrected chi connectivity index (χ3v) is 2.85. The highest BCUT2D eigenvalue weighted by molar-refractivity contribution is 6.00. The Morgan fingerprint density at radius 2 is 2.05 bits per heavy atom. The molecule has 0 aliphatic rings. The Bertz CT molecular complexity index is 505. The molecule has 0 atom stereocenters. The summed E-state index contributed by atoms with van der Waals surface area (Å²) in [5.74, 6) is -0.0665. The molecule has 7 nitrogen and oxygen atoms in total. The number of amides is 2. The molecule has 0 aliphatic heterocycles. The summed E-state index contributed by atoms with van der Waals surface area (Å²) in [6, 6.07) is 4.82. The first kappa shape index (κ1) is 16.8. The van der Waals surface area contributed by atoms with Crippen LogP contribution in [0.25, 0.3) is 0 Å². The van der Waals surface area contributed by atoms with Crippen LogP contribution < -0.4 is 15.8 Å². The average Bonchev–Trinajstić information content (AvgIpc) is 2.47. The van der Waals surface area contributed by atoms with Crippen molar-refractivity contribution in [3.05, 3.63) is 23.8 Å². The van der Waals surface area contributed by atoms with E-state index in [2.05, 4.69) is 5.32 Å². The van der Waals surface area contributed by atoms with Crippen LogP contribution in [0.2, 0.25) is 0 Å². The van der Waals surface area contributed by atoms with Crippen LogP contribution in [0.3, 0.4) is 0 Å². The molecule has 0 radical (unpaired) electrons. The van der Waals surface area contributed by atoms with E-state index in [1.165, 1.54) is 19.1 Å². The van der Waals surface area contributed by atoms with E-state index in [0.29, 0.717) is 30.2 Å². The fourth-order valence-corrected chi connectivity index (χ4v) is 1.69. The van der Waals surface area contributed by atoms with E-state index in [-0.39, 0.29) is 18.4 Å². The summed E-state index contributed by atoms with van der Waals surface area (Å²) in [4.78, 5) is 25.2. The van der Waals surface area contributed by atoms with Gasteiger partial charge in [0, 0.05) is 26.4 Å². The van der Waals surface area contributed by atoms with Gasteiger partial charge in [-0.25, -0.2) is 0 Å². The molecular formula is C14H21N3O4. The standard InChI is InChI=1S/C14H21N3O4/c1-17(9-13(18)16-6-7-20-2)14(19)11-8-10(21-3)4-5-12(11)15/h4-5,8H,6-7,9,15H2,1-3H3,(H,16,18). The molecule has 0 bridgehead atoms. The van der Waals surface area contributed by atoms with Crippen LogP contribution in [0, 0.1) is 0 Å². The maximum absolute atomic E-state index is 12.3. The van der Waals surface area contributed by atoms with Crippen molar-refractivity contribution in [2.45, 2.75) is 0 Å². The molecule has 0 heterocycles. The van der Waals surface area contributed by atoms with Crippen molar-refractivity contribution in [1.82, 2.24) is 10.2 Å². The van der Waals surface area contributed by atoms with Gasteiger partial charge in [0.2, 0.25) is 5.91 Å². The first-order chi connectivity index (χ1) is 9.99. The zero-order chi connectivity index (χ0) is 15.8. The lowest BCUT2D eigenvalue weighted by Gasteiger charge is -2.18. The highest BCUT2D eigenvalue weighted by atomic mass is 16.5. The van der Waals surface area contributed by atoms with Crippen LogP contribution in [0.5, 0.6) is 5.75 Å². The van der Waals surface area contributed by atoms with Crippen LogP contribution in [0.1, 0.15) is 10.4 Å². The van der Waals surface area contributed by atoms with Gasteiger partial charge >= 0.3 is 0 Å². The number of methoxy groups -OCH3 is 2. The Balaban J connectivity index is 2.67. The quantitative estimate of drug-likeness (QED) is 0.550. The van der Waals surface area contributed by atoms with Gasteiger partial charge in [-0.3, -0.25) is 9.59 Å². The monoisotopic (exact) mass is 295 g/mol. The first-order valence-electron chi connectivity index (χ1n) is 6.44. The summed E-state index contributed by atoms with van der Waals surface area (Å²) in [6.45, 7) is 0.768. The molecule has 1 aromatic rings. The van der Waals surface area contributed by atoms with Crippen LogP contribution >= 0.6 is 0 Å². The summed E-state index contributed by atoms with van der Waals surface area (Å²) in [5, 5.41) is 2.64. The van der Waals surface area contributed by atoms with Gasteiger partial charge in [0.05, 0.1) is 25.8 Å². The summed E-state index contributed by atoms with van der Waals surface area (Å²) in [5.41, 5.74) is 6.44. The van der Waals surface area contributed by atoms with Crippen LogP contribution in [0.4, 0.5) is 5.69 Å². The Hall–Kier alpha value is -2.28. The van der Waals surface area contributed by atoms with Gasteiger partial charge in [-0.15, -0.1) is 0 Å². The fourth-order valence-electron chi connectivity index (χ4n) is 1.69. The Morgan fingerprint density at radius 1 is 1.33 bits per heavy atom. The molecule has 1 aromatic carbocycles. The van der Waals surface area contributed by atoms with Gasteiger partial charge in [0.15, 0.2) is 0 Å². The number of nitrogens with one attached hydrogen (secondary N) is 1. The Morgan fingerprint density at radius 3 is 2.67 bits per heavy atom. The minimum atomic E-state index is -0.340. The van der Waals surface area contributed by atoms with Crippen molar-refractivity contribution >= 4 is 17.5 Å². The van der Waals surface area contributed by atoms with Crippen molar-refractivity contribution in [2.24, 2.45) is 0 Å². The molecule has 0 spiro atoms. The zero-order valence-corrected chi connectivity index (χ0v) is 12.5. The predicted octanol–water partition coefficient (Wildman–Crippen LogP) is 0.112. The Labute approximate surface area is 124 Å². The molecule has 0 aromatic heterocycles. The molecule has 0 saturated heterocycles. The van der Waals surface area contributed by atoms with Crippen molar-refractivity contribution in [2.75, 3.05) is 46.7 Å². The lowest BCUT2D eigenvalue weighted by molar-refractivity contribution is -0.121. The zero-order valence-electron chi connectivity index (χ0n) is 12.5. The number of benzene rings is 1. The van der Waals surface area contributed by atoms with E-state index in [9.17, 15) is 9.59 Å². The van der Waals surface area contributed by atoms with Crippen LogP contribution in [-0.2, 0) is 9.53 Å². The van der Waals surface area contributed by atoms with Gasteiger partial charge in [0.1, 0.15) is 5.75 Å². The molecular weight excluding hydrogens is 274 g/mol. The van der Waals surface area contributed by atoms with E-state index in [4.69, 9.17) is 15.2 Å². The normalized spacial score (nSPS) is 10.0. The lowest BCUT2D eigenvalue weighted by Crippen LogP contribution is -2.39. The second kappa shape index (κ2) is 8.11. The third kappa shape index (κ3) is 4.96. The number of likely N-dealkylation sites (N-methyl/N-ethyl adjacent to an activating group) is 1. The average molecular weight is 295 g/mol. The van der Waals surface area contributed by atoms with Gasteiger partial charge < -0.3 is 25.4 Å². The van der Waals surface area contributed by atoms with Gasteiger partial charge in [-0.1, -0.05) is 0 Å². The third-order valence-electron chi connectivity index (χ3n) is 2.85. The number of nitrogen functional groups attached to an aromatic ring is 1. The second-order valence-corrected chi connectivity index (χ2v) is 4.46. The number of hydrogen-bond donors (Lipinski definition) is 2. The van der Waals surface area contributed by atoms with Crippen molar-refractivity contribution in [3.8, 4) is 5.75 Å². The highest BCUT2D eigenvalue weighted by Crippen LogP contribution is 2.20. The van der Waals surface area contributed by atoms with E-state index < -0.39 is 0 Å². The topological polar surface area (TPSA) is 93.9 Å². The minimum absolute atomic E-state index is 0.0564. The van der Waals surface area contributed by atoms with E-state index in [0.717, 1.165) is 0 Å². The molecule has 0 saturated carbocycles. The maximum Gasteiger partial charge on any atom is 0.256 e. The molecule has 0 unspecified atom stereocenters. The maximum atomic E-state index is 12.3. The molecule has 21 heavy (non-hydrogen) atoms. The molecule has 3 N–H and O–H groups in total. The number of carbonyl (C=O) groups is 2. The molecule has 0 fully saturated rings. The van der Waals surface area contributed by atoms with Crippen molar-refractivity contribution in [1.29, 1.82) is 0 Å². The number of carbonyl (C=O) groups excluding carboxylic acids is 2. The van der Waals surface area contributed by atoms with Crippen molar-refractivity contribution < 1.29 is 19.1 Å². The lowest BCUT2D eigenvalue weighted by atomic mass is 10.1. The molecule has 1 rings (SSSR count). The number of rotatable bonds is 7. The second-order valence-electron chi connectivity index (χ2n) is 4.46. The molecule has 116 valence electrons. The minimum Gasteiger partial charge on any atom is -0.497 e. The number of nitrogens with two attached hydrogens (primary N) is 1. The smallest absolute Gasteiger partial charge is 0.256 e. The summed E-state index contributed by atoms with van der Waals surface area (Å²) in [7, 11) is 4.59. The highest BCUT2D eigenvalue weighted by Gasteiger charge is 2.17. The summed E-state index contributed by atoms with van der Waals surface area (Å²) in [6.07, 6.45) is 0. The van der Waals surface area contributed by atoms with Gasteiger partial charge in [0.25, 0.3) is 5.91 Å². The molecule has 7 heteroatoms. The predicted molar refractivity (Wildman–Crippen MR) is 79.3 cm³/mol. The SMILES string of the molecule is COCCNC(=O)CN(C)C(=O)c1cc(OC)ccc1N. The summed E-state index contributed by atoms with van der Waals surface area (Å²) >= 11 is 0. The summed E-state index contributed by atoms with van der Waals surface area (Å²) < 4.78 is 9.90. The Kier molecular flexibility index (Phi) is 6.48. The van der Waals surface area contributed by atoms with Gasteiger partial charge in [-0.05, 0) is 18.2 Å². The number of nitrogens with zero attached hydrogens (tertiary/aromatic N) is 1. The van der Waals surface area contributed by atoms with E-state index >= 15 is 0 Å². The molecule has 0 aliphatic carbocycles. The fraction of sp³-hybridized carbons (Fsp3) is 0.429. The van der Waals surface area contributed by atoms with Crippen molar-refractivity contribution in [3.63, 3.8) is 0 Å². The van der Waals surface area contributed by atoms with E-state index in [1.807, 2.05) is 0 Å². The molecule has 2 amide bonds.